The van der Waals surface area contributed by atoms with Gasteiger partial charge >= 0.3 is 0 Å². The van der Waals surface area contributed by atoms with Crippen molar-refractivity contribution in [1.82, 2.24) is 14.8 Å². The Bertz CT molecular complexity index is 653. The molecule has 0 bridgehead atoms. The molecule has 0 radical (unpaired) electrons. The van der Waals surface area contributed by atoms with Crippen LogP contribution < -0.4 is 5.32 Å². The molecule has 0 atom stereocenters. The molecular weight excluding hydrogens is 274 g/mol. The number of piperidine rings is 1. The summed E-state index contributed by atoms with van der Waals surface area (Å²) in [7, 11) is 0. The van der Waals surface area contributed by atoms with Gasteiger partial charge in [-0.05, 0) is 42.5 Å². The lowest BCUT2D eigenvalue weighted by molar-refractivity contribution is -0.119. The van der Waals surface area contributed by atoms with E-state index in [4.69, 9.17) is 0 Å². The fourth-order valence-corrected chi connectivity index (χ4v) is 3.36. The summed E-state index contributed by atoms with van der Waals surface area (Å²) in [5.41, 5.74) is 2.45. The largest absolute Gasteiger partial charge is 0.352 e. The number of hydrogen-bond donors (Lipinski definition) is 1. The molecule has 1 aromatic heterocycles. The van der Waals surface area contributed by atoms with Gasteiger partial charge in [-0.1, -0.05) is 19.1 Å². The number of aromatic nitrogens is 1. The number of benzene rings is 1. The zero-order valence-electron chi connectivity index (χ0n) is 13.5. The third-order valence-electron chi connectivity index (χ3n) is 4.73. The van der Waals surface area contributed by atoms with Crippen molar-refractivity contribution in [3.63, 3.8) is 0 Å². The molecule has 4 nitrogen and oxygen atoms in total. The summed E-state index contributed by atoms with van der Waals surface area (Å²) < 4.78 is 2.43. The van der Waals surface area contributed by atoms with Crippen LogP contribution in [0.15, 0.2) is 30.5 Å². The van der Waals surface area contributed by atoms with Crippen molar-refractivity contribution in [2.45, 2.75) is 39.3 Å². The zero-order chi connectivity index (χ0) is 15.5. The Labute approximate surface area is 132 Å². The third kappa shape index (κ3) is 3.17. The van der Waals surface area contributed by atoms with E-state index in [0.717, 1.165) is 12.1 Å². The zero-order valence-corrected chi connectivity index (χ0v) is 13.5. The minimum Gasteiger partial charge on any atom is -0.352 e. The fourth-order valence-electron chi connectivity index (χ4n) is 3.36. The Morgan fingerprint density at radius 3 is 2.73 bits per heavy atom. The van der Waals surface area contributed by atoms with Gasteiger partial charge in [0, 0.05) is 44.3 Å². The van der Waals surface area contributed by atoms with E-state index < -0.39 is 0 Å². The van der Waals surface area contributed by atoms with Crippen LogP contribution in [-0.4, -0.2) is 35.0 Å². The minimum absolute atomic E-state index is 0.0161. The van der Waals surface area contributed by atoms with Crippen molar-refractivity contribution in [1.29, 1.82) is 0 Å². The molecule has 0 aliphatic carbocycles. The van der Waals surface area contributed by atoms with Crippen LogP contribution in [0, 0.1) is 0 Å². The number of fused-ring (bicyclic) bond motifs is 1. The maximum atomic E-state index is 11.1. The van der Waals surface area contributed by atoms with Crippen molar-refractivity contribution < 1.29 is 4.79 Å². The summed E-state index contributed by atoms with van der Waals surface area (Å²) in [5, 5.41) is 4.16. The van der Waals surface area contributed by atoms with E-state index in [1.807, 2.05) is 0 Å². The van der Waals surface area contributed by atoms with Crippen molar-refractivity contribution in [2.24, 2.45) is 0 Å². The molecule has 3 rings (SSSR count). The highest BCUT2D eigenvalue weighted by atomic mass is 16.1. The van der Waals surface area contributed by atoms with Gasteiger partial charge in [0.15, 0.2) is 0 Å². The fraction of sp³-hybridized carbons (Fsp3) is 0.500. The second-order valence-electron chi connectivity index (χ2n) is 6.19. The summed E-state index contributed by atoms with van der Waals surface area (Å²) in [5.74, 6) is 0.0161. The SMILES string of the molecule is CCN1CCC(n2ccc3ccc(CNC(C)=O)cc32)CC1. The Morgan fingerprint density at radius 1 is 1.27 bits per heavy atom. The van der Waals surface area contributed by atoms with Crippen LogP contribution >= 0.6 is 0 Å². The second kappa shape index (κ2) is 6.53. The van der Waals surface area contributed by atoms with Crippen LogP contribution in [0.4, 0.5) is 0 Å². The van der Waals surface area contributed by atoms with Gasteiger partial charge in [0.25, 0.3) is 0 Å². The van der Waals surface area contributed by atoms with E-state index in [0.29, 0.717) is 12.6 Å². The van der Waals surface area contributed by atoms with Crippen LogP contribution in [0.1, 0.15) is 38.3 Å². The molecule has 2 aromatic rings. The van der Waals surface area contributed by atoms with Gasteiger partial charge in [-0.2, -0.15) is 0 Å². The Kier molecular flexibility index (Phi) is 4.48. The maximum Gasteiger partial charge on any atom is 0.217 e. The number of carbonyl (C=O) groups excluding carboxylic acids is 1. The molecule has 2 heterocycles. The maximum absolute atomic E-state index is 11.1. The molecule has 1 aromatic carbocycles. The molecule has 1 fully saturated rings. The average molecular weight is 299 g/mol. The molecule has 1 N–H and O–H groups in total. The van der Waals surface area contributed by atoms with E-state index in [1.54, 1.807) is 6.92 Å². The molecule has 0 saturated carbocycles. The number of nitrogens with zero attached hydrogens (tertiary/aromatic N) is 2. The third-order valence-corrected chi connectivity index (χ3v) is 4.73. The molecule has 1 saturated heterocycles. The molecule has 1 aliphatic rings. The number of likely N-dealkylation sites (tertiary alicyclic amines) is 1. The number of carbonyl (C=O) groups is 1. The molecular formula is C18H25N3O. The van der Waals surface area contributed by atoms with Crippen molar-refractivity contribution in [2.75, 3.05) is 19.6 Å². The molecule has 1 aliphatic heterocycles. The molecule has 118 valence electrons. The molecule has 0 spiro atoms. The first-order valence-electron chi connectivity index (χ1n) is 8.23. The molecule has 1 amide bonds. The van der Waals surface area contributed by atoms with E-state index >= 15 is 0 Å². The predicted octanol–water partition coefficient (Wildman–Crippen LogP) is 2.93. The lowest BCUT2D eigenvalue weighted by atomic mass is 10.0. The summed E-state index contributed by atoms with van der Waals surface area (Å²) in [6.07, 6.45) is 4.65. The van der Waals surface area contributed by atoms with E-state index in [1.165, 1.54) is 36.8 Å². The van der Waals surface area contributed by atoms with Crippen molar-refractivity contribution in [3.8, 4) is 0 Å². The number of hydrogen-bond acceptors (Lipinski definition) is 2. The topological polar surface area (TPSA) is 37.3 Å². The summed E-state index contributed by atoms with van der Waals surface area (Å²) in [6.45, 7) is 7.92. The van der Waals surface area contributed by atoms with Crippen molar-refractivity contribution >= 4 is 16.8 Å². The van der Waals surface area contributed by atoms with Crippen LogP contribution in [0.3, 0.4) is 0 Å². The second-order valence-corrected chi connectivity index (χ2v) is 6.19. The average Bonchev–Trinajstić information content (AvgIpc) is 2.96. The smallest absolute Gasteiger partial charge is 0.217 e. The van der Waals surface area contributed by atoms with Gasteiger partial charge in [0.2, 0.25) is 5.91 Å². The van der Waals surface area contributed by atoms with Gasteiger partial charge in [-0.3, -0.25) is 4.79 Å². The number of nitrogens with one attached hydrogen (secondary N) is 1. The first-order valence-corrected chi connectivity index (χ1v) is 8.23. The quantitative estimate of drug-likeness (QED) is 0.942. The summed E-state index contributed by atoms with van der Waals surface area (Å²) in [6, 6.07) is 9.27. The van der Waals surface area contributed by atoms with Crippen LogP contribution in [0.5, 0.6) is 0 Å². The van der Waals surface area contributed by atoms with Gasteiger partial charge in [0.05, 0.1) is 0 Å². The first kappa shape index (κ1) is 15.1. The Hall–Kier alpha value is -1.81. The normalized spacial score (nSPS) is 17.0. The van der Waals surface area contributed by atoms with Gasteiger partial charge in [0.1, 0.15) is 0 Å². The van der Waals surface area contributed by atoms with Gasteiger partial charge in [-0.25, -0.2) is 0 Å². The van der Waals surface area contributed by atoms with Crippen LogP contribution in [0.2, 0.25) is 0 Å². The highest BCUT2D eigenvalue weighted by Gasteiger charge is 2.20. The van der Waals surface area contributed by atoms with E-state index in [2.05, 4.69) is 52.2 Å². The van der Waals surface area contributed by atoms with Crippen molar-refractivity contribution in [3.05, 3.63) is 36.0 Å². The van der Waals surface area contributed by atoms with E-state index in [-0.39, 0.29) is 5.91 Å². The highest BCUT2D eigenvalue weighted by molar-refractivity contribution is 5.81. The monoisotopic (exact) mass is 299 g/mol. The summed E-state index contributed by atoms with van der Waals surface area (Å²) >= 11 is 0. The first-order chi connectivity index (χ1) is 10.7. The highest BCUT2D eigenvalue weighted by Crippen LogP contribution is 2.28. The lowest BCUT2D eigenvalue weighted by Crippen LogP contribution is -2.34. The Balaban J connectivity index is 1.81. The standard InChI is InChI=1S/C18H25N3O/c1-3-20-9-7-17(8-10-20)21-11-6-16-5-4-15(12-18(16)21)13-19-14(2)22/h4-6,11-12,17H,3,7-10,13H2,1-2H3,(H,19,22). The number of amides is 1. The van der Waals surface area contributed by atoms with Crippen LogP contribution in [0.25, 0.3) is 10.9 Å². The summed E-state index contributed by atoms with van der Waals surface area (Å²) in [4.78, 5) is 13.6. The molecule has 22 heavy (non-hydrogen) atoms. The number of rotatable bonds is 4. The minimum atomic E-state index is 0.0161. The lowest BCUT2D eigenvalue weighted by Gasteiger charge is -2.32. The molecule has 4 heteroatoms. The van der Waals surface area contributed by atoms with Gasteiger partial charge < -0.3 is 14.8 Å². The molecule has 0 unspecified atom stereocenters. The van der Waals surface area contributed by atoms with E-state index in [9.17, 15) is 4.79 Å². The Morgan fingerprint density at radius 2 is 2.05 bits per heavy atom. The predicted molar refractivity (Wildman–Crippen MR) is 89.8 cm³/mol. The van der Waals surface area contributed by atoms with Crippen LogP contribution in [-0.2, 0) is 11.3 Å². The van der Waals surface area contributed by atoms with Gasteiger partial charge in [-0.15, -0.1) is 0 Å².